The molecule has 0 saturated heterocycles. The number of hydrogen-bond acceptors (Lipinski definition) is 2. The monoisotopic (exact) mass is 261 g/mol. The Bertz CT molecular complexity index is 566. The van der Waals surface area contributed by atoms with Crippen LogP contribution in [0.2, 0.25) is 5.02 Å². The van der Waals surface area contributed by atoms with E-state index in [1.54, 1.807) is 12.1 Å². The van der Waals surface area contributed by atoms with E-state index in [0.29, 0.717) is 10.6 Å². The zero-order chi connectivity index (χ0) is 13.1. The number of carbonyl (C=O) groups is 1. The van der Waals surface area contributed by atoms with Crippen LogP contribution in [0.4, 0.5) is 0 Å². The Morgan fingerprint density at radius 3 is 2.28 bits per heavy atom. The van der Waals surface area contributed by atoms with Crippen molar-refractivity contribution in [3.63, 3.8) is 0 Å². The first kappa shape index (κ1) is 12.6. The molecule has 0 spiro atoms. The molecule has 92 valence electrons. The van der Waals surface area contributed by atoms with Crippen LogP contribution in [-0.4, -0.2) is 11.1 Å². The Balaban J connectivity index is 2.34. The number of carboxylic acids is 1. The van der Waals surface area contributed by atoms with Crippen LogP contribution in [0, 0.1) is 0 Å². The smallest absolute Gasteiger partial charge is 0.325 e. The summed E-state index contributed by atoms with van der Waals surface area (Å²) in [5.41, 5.74) is 7.94. The van der Waals surface area contributed by atoms with Gasteiger partial charge in [-0.15, -0.1) is 0 Å². The molecule has 0 aromatic heterocycles. The maximum Gasteiger partial charge on any atom is 0.325 e. The molecule has 1 atom stereocenters. The highest BCUT2D eigenvalue weighted by Crippen LogP contribution is 2.28. The average Bonchev–Trinajstić information content (AvgIpc) is 2.38. The van der Waals surface area contributed by atoms with Crippen LogP contribution in [0.1, 0.15) is 11.6 Å². The second-order valence-corrected chi connectivity index (χ2v) is 4.32. The molecule has 0 aliphatic heterocycles. The third-order valence-electron chi connectivity index (χ3n) is 2.72. The molecule has 0 aliphatic carbocycles. The third-order valence-corrected chi connectivity index (χ3v) is 3.05. The minimum Gasteiger partial charge on any atom is -0.480 e. The fourth-order valence-electron chi connectivity index (χ4n) is 1.71. The number of rotatable bonds is 3. The van der Waals surface area contributed by atoms with Gasteiger partial charge in [0.1, 0.15) is 6.04 Å². The summed E-state index contributed by atoms with van der Waals surface area (Å²) in [6, 6.07) is 13.5. The molecule has 2 aromatic carbocycles. The van der Waals surface area contributed by atoms with Crippen molar-refractivity contribution >= 4 is 17.6 Å². The molecule has 0 fully saturated rings. The molecule has 18 heavy (non-hydrogen) atoms. The number of halogens is 1. The second-order valence-electron chi connectivity index (χ2n) is 3.92. The zero-order valence-corrected chi connectivity index (χ0v) is 10.3. The van der Waals surface area contributed by atoms with E-state index >= 15 is 0 Å². The fourth-order valence-corrected chi connectivity index (χ4v) is 1.95. The second kappa shape index (κ2) is 5.21. The van der Waals surface area contributed by atoms with Crippen LogP contribution >= 0.6 is 11.6 Å². The summed E-state index contributed by atoms with van der Waals surface area (Å²) < 4.78 is 0. The predicted octanol–water partition coefficient (Wildman–Crippen LogP) is 3.09. The highest BCUT2D eigenvalue weighted by molar-refractivity contribution is 6.33. The van der Waals surface area contributed by atoms with Crippen molar-refractivity contribution in [1.82, 2.24) is 0 Å². The van der Waals surface area contributed by atoms with Gasteiger partial charge >= 0.3 is 5.97 Å². The molecule has 2 rings (SSSR count). The van der Waals surface area contributed by atoms with Gasteiger partial charge in [0.15, 0.2) is 0 Å². The van der Waals surface area contributed by atoms with Crippen molar-refractivity contribution < 1.29 is 9.90 Å². The van der Waals surface area contributed by atoms with Gasteiger partial charge in [-0.25, -0.2) is 0 Å². The average molecular weight is 262 g/mol. The Labute approximate surface area is 110 Å². The topological polar surface area (TPSA) is 63.3 Å². The summed E-state index contributed by atoms with van der Waals surface area (Å²) in [7, 11) is 0. The minimum atomic E-state index is -1.04. The Hall–Kier alpha value is -1.84. The highest BCUT2D eigenvalue weighted by atomic mass is 35.5. The summed E-state index contributed by atoms with van der Waals surface area (Å²) in [4.78, 5) is 10.8. The molecule has 0 radical (unpaired) electrons. The van der Waals surface area contributed by atoms with E-state index in [1.165, 1.54) is 0 Å². The van der Waals surface area contributed by atoms with E-state index in [9.17, 15) is 4.79 Å². The number of aliphatic carboxylic acids is 1. The van der Waals surface area contributed by atoms with E-state index in [2.05, 4.69) is 0 Å². The first-order valence-corrected chi connectivity index (χ1v) is 5.80. The molecule has 0 heterocycles. The molecule has 4 heteroatoms. The molecule has 0 amide bonds. The van der Waals surface area contributed by atoms with Gasteiger partial charge < -0.3 is 10.8 Å². The number of carboxylic acid groups (broad SMARTS) is 1. The largest absolute Gasteiger partial charge is 0.480 e. The molecule has 2 aromatic rings. The van der Waals surface area contributed by atoms with Crippen molar-refractivity contribution in [3.8, 4) is 11.1 Å². The lowest BCUT2D eigenvalue weighted by Gasteiger charge is -2.09. The zero-order valence-electron chi connectivity index (χ0n) is 9.51. The van der Waals surface area contributed by atoms with Crippen LogP contribution in [0.15, 0.2) is 48.5 Å². The lowest BCUT2D eigenvalue weighted by atomic mass is 10.0. The molecule has 0 aliphatic rings. The maximum absolute atomic E-state index is 10.8. The molecular formula is C14H12ClNO2. The first-order chi connectivity index (χ1) is 8.59. The van der Waals surface area contributed by atoms with E-state index in [0.717, 1.165) is 11.1 Å². The lowest BCUT2D eigenvalue weighted by molar-refractivity contribution is -0.138. The first-order valence-electron chi connectivity index (χ1n) is 5.43. The molecule has 0 bridgehead atoms. The SMILES string of the molecule is N[C@H](C(=O)O)c1ccc(-c2ccccc2Cl)cc1. The van der Waals surface area contributed by atoms with E-state index in [4.69, 9.17) is 22.4 Å². The summed E-state index contributed by atoms with van der Waals surface area (Å²) in [5, 5.41) is 9.48. The van der Waals surface area contributed by atoms with Gasteiger partial charge in [0, 0.05) is 10.6 Å². The van der Waals surface area contributed by atoms with Crippen LogP contribution in [0.25, 0.3) is 11.1 Å². The number of nitrogens with two attached hydrogens (primary N) is 1. The minimum absolute atomic E-state index is 0.568. The molecule has 0 saturated carbocycles. The van der Waals surface area contributed by atoms with E-state index in [1.807, 2.05) is 36.4 Å². The summed E-state index contributed by atoms with van der Waals surface area (Å²) >= 11 is 6.09. The van der Waals surface area contributed by atoms with Crippen LogP contribution in [0.5, 0.6) is 0 Å². The summed E-state index contributed by atoms with van der Waals surface area (Å²) in [6.45, 7) is 0. The summed E-state index contributed by atoms with van der Waals surface area (Å²) in [6.07, 6.45) is 0. The van der Waals surface area contributed by atoms with Crippen molar-refractivity contribution in [3.05, 3.63) is 59.1 Å². The van der Waals surface area contributed by atoms with Gasteiger partial charge in [0.2, 0.25) is 0 Å². The van der Waals surface area contributed by atoms with Gasteiger partial charge in [-0.2, -0.15) is 0 Å². The van der Waals surface area contributed by atoms with Crippen LogP contribution in [0.3, 0.4) is 0 Å². The molecule has 0 unspecified atom stereocenters. The normalized spacial score (nSPS) is 12.1. The summed E-state index contributed by atoms with van der Waals surface area (Å²) in [5.74, 6) is -1.04. The predicted molar refractivity (Wildman–Crippen MR) is 71.5 cm³/mol. The Kier molecular flexibility index (Phi) is 3.65. The van der Waals surface area contributed by atoms with Crippen LogP contribution in [-0.2, 0) is 4.79 Å². The fraction of sp³-hybridized carbons (Fsp3) is 0.0714. The van der Waals surface area contributed by atoms with Crippen molar-refractivity contribution in [2.24, 2.45) is 5.73 Å². The van der Waals surface area contributed by atoms with Crippen molar-refractivity contribution in [2.45, 2.75) is 6.04 Å². The molecule has 3 nitrogen and oxygen atoms in total. The Morgan fingerprint density at radius 2 is 1.72 bits per heavy atom. The van der Waals surface area contributed by atoms with Crippen LogP contribution < -0.4 is 5.73 Å². The maximum atomic E-state index is 10.8. The van der Waals surface area contributed by atoms with Gasteiger partial charge in [-0.1, -0.05) is 54.1 Å². The van der Waals surface area contributed by atoms with Gasteiger partial charge in [-0.05, 0) is 17.2 Å². The highest BCUT2D eigenvalue weighted by Gasteiger charge is 2.13. The molecular weight excluding hydrogens is 250 g/mol. The van der Waals surface area contributed by atoms with Gasteiger partial charge in [0.05, 0.1) is 0 Å². The van der Waals surface area contributed by atoms with Gasteiger partial charge in [-0.3, -0.25) is 4.79 Å². The number of benzene rings is 2. The quantitative estimate of drug-likeness (QED) is 0.892. The van der Waals surface area contributed by atoms with E-state index < -0.39 is 12.0 Å². The number of hydrogen-bond donors (Lipinski definition) is 2. The van der Waals surface area contributed by atoms with Gasteiger partial charge in [0.25, 0.3) is 0 Å². The van der Waals surface area contributed by atoms with E-state index in [-0.39, 0.29) is 0 Å². The van der Waals surface area contributed by atoms with Crippen molar-refractivity contribution in [1.29, 1.82) is 0 Å². The standard InChI is InChI=1S/C14H12ClNO2/c15-12-4-2-1-3-11(12)9-5-7-10(8-6-9)13(16)14(17)18/h1-8,13H,16H2,(H,17,18)/t13-/m0/s1. The third kappa shape index (κ3) is 2.53. The van der Waals surface area contributed by atoms with Crippen molar-refractivity contribution in [2.75, 3.05) is 0 Å². The Morgan fingerprint density at radius 1 is 1.11 bits per heavy atom. The lowest BCUT2D eigenvalue weighted by Crippen LogP contribution is -2.20. The molecule has 3 N–H and O–H groups in total.